The van der Waals surface area contributed by atoms with Crippen LogP contribution >= 0.6 is 0 Å². The fourth-order valence-electron chi connectivity index (χ4n) is 2.71. The van der Waals surface area contributed by atoms with E-state index >= 15 is 0 Å². The molecule has 0 saturated heterocycles. The van der Waals surface area contributed by atoms with Crippen LogP contribution in [0.15, 0.2) is 65.1 Å². The van der Waals surface area contributed by atoms with Gasteiger partial charge in [0.25, 0.3) is 0 Å². The average molecular weight is 366 g/mol. The first-order chi connectivity index (χ1) is 13.0. The number of para-hydroxylation sites is 1. The van der Waals surface area contributed by atoms with E-state index in [9.17, 15) is 14.7 Å². The van der Waals surface area contributed by atoms with Gasteiger partial charge in [-0.2, -0.15) is 0 Å². The van der Waals surface area contributed by atoms with Gasteiger partial charge in [-0.05, 0) is 31.0 Å². The molecule has 6 heteroatoms. The highest BCUT2D eigenvalue weighted by Crippen LogP contribution is 2.27. The van der Waals surface area contributed by atoms with Gasteiger partial charge in [0, 0.05) is 11.9 Å². The minimum Gasteiger partial charge on any atom is -0.458 e. The number of hydrogen-bond acceptors (Lipinski definition) is 4. The van der Waals surface area contributed by atoms with E-state index in [1.165, 1.54) is 6.92 Å². The van der Waals surface area contributed by atoms with Gasteiger partial charge in [-0.1, -0.05) is 48.5 Å². The second-order valence-electron chi connectivity index (χ2n) is 6.60. The lowest BCUT2D eigenvalue weighted by atomic mass is 10.0. The van der Waals surface area contributed by atoms with Crippen molar-refractivity contribution in [2.75, 3.05) is 13.1 Å². The van der Waals surface area contributed by atoms with Crippen molar-refractivity contribution in [3.8, 4) is 0 Å². The molecule has 2 amide bonds. The van der Waals surface area contributed by atoms with Crippen LogP contribution in [0.4, 0.5) is 0 Å². The van der Waals surface area contributed by atoms with E-state index in [0.717, 1.165) is 10.9 Å². The normalized spacial score (nSPS) is 13.1. The van der Waals surface area contributed by atoms with Crippen molar-refractivity contribution in [1.29, 1.82) is 0 Å². The zero-order valence-electron chi connectivity index (χ0n) is 15.1. The van der Waals surface area contributed by atoms with E-state index in [2.05, 4.69) is 10.6 Å². The molecule has 3 N–H and O–H groups in total. The lowest BCUT2D eigenvalue weighted by Gasteiger charge is -2.20. The molecule has 0 fully saturated rings. The van der Waals surface area contributed by atoms with E-state index < -0.39 is 17.4 Å². The van der Waals surface area contributed by atoms with Crippen LogP contribution in [-0.2, 0) is 21.6 Å². The Morgan fingerprint density at radius 3 is 2.41 bits per heavy atom. The van der Waals surface area contributed by atoms with E-state index in [0.29, 0.717) is 24.3 Å². The van der Waals surface area contributed by atoms with E-state index in [1.54, 1.807) is 12.1 Å². The highest BCUT2D eigenvalue weighted by Gasteiger charge is 2.29. The number of fused-ring (bicyclic) bond motifs is 1. The summed E-state index contributed by atoms with van der Waals surface area (Å²) in [6.45, 7) is 1.74. The Morgan fingerprint density at radius 1 is 1.00 bits per heavy atom. The molecule has 1 aromatic heterocycles. The molecule has 140 valence electrons. The summed E-state index contributed by atoms with van der Waals surface area (Å²) >= 11 is 0. The van der Waals surface area contributed by atoms with Gasteiger partial charge in [0.15, 0.2) is 0 Å². The second kappa shape index (κ2) is 8.05. The van der Waals surface area contributed by atoms with Gasteiger partial charge in [-0.25, -0.2) is 0 Å². The van der Waals surface area contributed by atoms with Crippen molar-refractivity contribution in [2.45, 2.75) is 18.9 Å². The van der Waals surface area contributed by atoms with Crippen molar-refractivity contribution in [3.63, 3.8) is 0 Å². The third-order valence-corrected chi connectivity index (χ3v) is 4.30. The Balaban J connectivity index is 1.50. The fraction of sp³-hybridized carbons (Fsp3) is 0.238. The van der Waals surface area contributed by atoms with Crippen molar-refractivity contribution >= 4 is 22.8 Å². The lowest BCUT2D eigenvalue weighted by molar-refractivity contribution is -0.139. The maximum Gasteiger partial charge on any atom is 0.309 e. The Labute approximate surface area is 157 Å². The number of carbonyl (C=O) groups is 2. The summed E-state index contributed by atoms with van der Waals surface area (Å²) in [4.78, 5) is 23.9. The smallest absolute Gasteiger partial charge is 0.309 e. The monoisotopic (exact) mass is 366 g/mol. The van der Waals surface area contributed by atoms with Crippen molar-refractivity contribution in [2.24, 2.45) is 0 Å². The Bertz CT molecular complexity index is 899. The number of furan rings is 1. The summed E-state index contributed by atoms with van der Waals surface area (Å²) in [5.41, 5.74) is 0.294. The molecule has 0 aliphatic rings. The van der Waals surface area contributed by atoms with E-state index in [1.807, 2.05) is 48.5 Å². The molecular weight excluding hydrogens is 344 g/mol. The van der Waals surface area contributed by atoms with Gasteiger partial charge in [0.1, 0.15) is 16.9 Å². The minimum atomic E-state index is -1.43. The summed E-state index contributed by atoms with van der Waals surface area (Å²) < 4.78 is 5.64. The van der Waals surface area contributed by atoms with Crippen molar-refractivity contribution in [3.05, 3.63) is 72.0 Å². The Kier molecular flexibility index (Phi) is 5.57. The Morgan fingerprint density at radius 2 is 1.67 bits per heavy atom. The van der Waals surface area contributed by atoms with Gasteiger partial charge >= 0.3 is 11.8 Å². The van der Waals surface area contributed by atoms with Crippen LogP contribution in [0.3, 0.4) is 0 Å². The van der Waals surface area contributed by atoms with Crippen LogP contribution in [0.25, 0.3) is 11.0 Å². The number of nitrogens with one attached hydrogen (secondary N) is 2. The summed E-state index contributed by atoms with van der Waals surface area (Å²) in [5, 5.41) is 16.5. The third kappa shape index (κ3) is 4.74. The van der Waals surface area contributed by atoms with Crippen molar-refractivity contribution < 1.29 is 19.1 Å². The highest BCUT2D eigenvalue weighted by atomic mass is 16.4. The highest BCUT2D eigenvalue weighted by molar-refractivity contribution is 6.35. The van der Waals surface area contributed by atoms with Crippen LogP contribution in [0.2, 0.25) is 0 Å². The van der Waals surface area contributed by atoms with Crippen LogP contribution in [0.5, 0.6) is 0 Å². The van der Waals surface area contributed by atoms with Crippen LogP contribution in [0, 0.1) is 0 Å². The van der Waals surface area contributed by atoms with Gasteiger partial charge in [0.05, 0.1) is 6.54 Å². The first kappa shape index (κ1) is 18.7. The van der Waals surface area contributed by atoms with E-state index in [4.69, 9.17) is 4.42 Å². The summed E-state index contributed by atoms with van der Waals surface area (Å²) in [6.07, 6.45) is 0.635. The van der Waals surface area contributed by atoms with Gasteiger partial charge in [0.2, 0.25) is 0 Å². The second-order valence-corrected chi connectivity index (χ2v) is 6.60. The minimum absolute atomic E-state index is 0.141. The predicted molar refractivity (Wildman–Crippen MR) is 102 cm³/mol. The molecule has 0 aliphatic carbocycles. The van der Waals surface area contributed by atoms with Gasteiger partial charge < -0.3 is 20.2 Å². The van der Waals surface area contributed by atoms with Crippen LogP contribution in [0.1, 0.15) is 18.2 Å². The first-order valence-corrected chi connectivity index (χ1v) is 8.77. The number of rotatable bonds is 6. The number of amides is 2. The van der Waals surface area contributed by atoms with Crippen LogP contribution < -0.4 is 10.6 Å². The topological polar surface area (TPSA) is 91.6 Å². The number of benzene rings is 2. The summed E-state index contributed by atoms with van der Waals surface area (Å²) in [5.74, 6) is -1.20. The number of hydrogen-bond donors (Lipinski definition) is 3. The van der Waals surface area contributed by atoms with Gasteiger partial charge in [-0.3, -0.25) is 9.59 Å². The molecule has 0 aliphatic heterocycles. The maximum atomic E-state index is 12.0. The fourth-order valence-corrected chi connectivity index (χ4v) is 2.71. The Hall–Kier alpha value is -3.12. The number of aliphatic hydroxyl groups is 1. The molecule has 0 bridgehead atoms. The third-order valence-electron chi connectivity index (χ3n) is 4.30. The molecular formula is C21H22N2O4. The molecule has 0 radical (unpaired) electrons. The predicted octanol–water partition coefficient (Wildman–Crippen LogP) is 2.12. The maximum absolute atomic E-state index is 12.0. The molecule has 1 atom stereocenters. The molecule has 6 nitrogen and oxygen atoms in total. The van der Waals surface area contributed by atoms with Crippen molar-refractivity contribution in [1.82, 2.24) is 10.6 Å². The molecule has 3 aromatic rings. The molecule has 1 unspecified atom stereocenters. The summed E-state index contributed by atoms with van der Waals surface area (Å²) in [7, 11) is 0. The molecule has 1 heterocycles. The van der Waals surface area contributed by atoms with E-state index in [-0.39, 0.29) is 6.54 Å². The number of carbonyl (C=O) groups excluding carboxylic acids is 2. The molecule has 2 aromatic carbocycles. The zero-order chi connectivity index (χ0) is 19.3. The van der Waals surface area contributed by atoms with Gasteiger partial charge in [-0.15, -0.1) is 0 Å². The largest absolute Gasteiger partial charge is 0.458 e. The molecule has 3 rings (SSSR count). The summed E-state index contributed by atoms with van der Waals surface area (Å²) in [6, 6.07) is 18.8. The standard InChI is InChI=1S/C21H22N2O4/c1-21(26,18-13-16-9-5-6-10-17(16)27-18)14-23-20(25)19(24)22-12-11-15-7-3-2-4-8-15/h2-10,13,26H,11-12,14H2,1H3,(H,22,24)(H,23,25). The SMILES string of the molecule is CC(O)(CNC(=O)C(=O)NCCc1ccccc1)c1cc2ccccc2o1. The molecule has 27 heavy (non-hydrogen) atoms. The lowest BCUT2D eigenvalue weighted by Crippen LogP contribution is -2.45. The average Bonchev–Trinajstić information content (AvgIpc) is 3.12. The quantitative estimate of drug-likeness (QED) is 0.583. The molecule has 0 spiro atoms. The zero-order valence-corrected chi connectivity index (χ0v) is 15.1. The molecule has 0 saturated carbocycles. The van der Waals surface area contributed by atoms with Crippen LogP contribution in [-0.4, -0.2) is 30.0 Å². The first-order valence-electron chi connectivity index (χ1n) is 8.77.